The zero-order valence-electron chi connectivity index (χ0n) is 14.9. The van der Waals surface area contributed by atoms with Crippen LogP contribution < -0.4 is 15.0 Å². The van der Waals surface area contributed by atoms with Gasteiger partial charge in [-0.3, -0.25) is 4.79 Å². The van der Waals surface area contributed by atoms with Crippen LogP contribution in [0.5, 0.6) is 5.75 Å². The summed E-state index contributed by atoms with van der Waals surface area (Å²) in [5, 5.41) is 2.66. The average molecular weight is 360 g/mol. The van der Waals surface area contributed by atoms with Crippen molar-refractivity contribution in [3.05, 3.63) is 54.3 Å². The van der Waals surface area contributed by atoms with E-state index in [2.05, 4.69) is 5.32 Å². The molecule has 0 aliphatic heterocycles. The van der Waals surface area contributed by atoms with Gasteiger partial charge in [0.2, 0.25) is 0 Å². The van der Waals surface area contributed by atoms with Crippen molar-refractivity contribution in [2.24, 2.45) is 0 Å². The molecule has 0 aliphatic carbocycles. The molecule has 2 aromatic rings. The largest absolute Gasteiger partial charge is 0.479 e. The summed E-state index contributed by atoms with van der Waals surface area (Å²) in [6.07, 6.45) is -1.01. The van der Waals surface area contributed by atoms with Crippen LogP contribution in [0.25, 0.3) is 0 Å². The quantitative estimate of drug-likeness (QED) is 0.769. The summed E-state index contributed by atoms with van der Waals surface area (Å²) in [5.41, 5.74) is 1.58. The molecule has 0 saturated carbocycles. The molecule has 6 nitrogen and oxygen atoms in total. The molecule has 0 saturated heterocycles. The lowest BCUT2D eigenvalue weighted by Gasteiger charge is -2.15. The van der Waals surface area contributed by atoms with Gasteiger partial charge in [-0.1, -0.05) is 12.1 Å². The van der Waals surface area contributed by atoms with Gasteiger partial charge in [0.15, 0.2) is 24.3 Å². The molecule has 26 heavy (non-hydrogen) atoms. The van der Waals surface area contributed by atoms with Crippen LogP contribution in [0.4, 0.5) is 15.8 Å². The van der Waals surface area contributed by atoms with E-state index in [-0.39, 0.29) is 5.75 Å². The van der Waals surface area contributed by atoms with Crippen LogP contribution in [0.3, 0.4) is 0 Å². The Labute approximate surface area is 151 Å². The second-order valence-corrected chi connectivity index (χ2v) is 5.78. The Kier molecular flexibility index (Phi) is 6.54. The molecule has 1 atom stereocenters. The van der Waals surface area contributed by atoms with Crippen LogP contribution in [-0.2, 0) is 14.3 Å². The molecule has 2 rings (SSSR count). The summed E-state index contributed by atoms with van der Waals surface area (Å²) in [5.74, 6) is -1.87. The topological polar surface area (TPSA) is 67.9 Å². The number of nitrogens with one attached hydrogen (secondary N) is 1. The maximum absolute atomic E-state index is 13.4. The van der Waals surface area contributed by atoms with E-state index < -0.39 is 30.4 Å². The minimum Gasteiger partial charge on any atom is -0.479 e. The highest BCUT2D eigenvalue weighted by Gasteiger charge is 2.18. The Balaban J connectivity index is 1.82. The van der Waals surface area contributed by atoms with Crippen molar-refractivity contribution in [3.8, 4) is 5.75 Å². The molecule has 0 aliphatic rings. The van der Waals surface area contributed by atoms with Gasteiger partial charge in [-0.2, -0.15) is 0 Å². The van der Waals surface area contributed by atoms with Crippen molar-refractivity contribution >= 4 is 23.3 Å². The highest BCUT2D eigenvalue weighted by molar-refractivity contribution is 5.95. The number of esters is 1. The summed E-state index contributed by atoms with van der Waals surface area (Å²) in [6.45, 7) is 0.959. The van der Waals surface area contributed by atoms with Crippen LogP contribution in [-0.4, -0.2) is 38.7 Å². The van der Waals surface area contributed by atoms with Gasteiger partial charge in [0, 0.05) is 25.5 Å². The SMILES string of the molecule is CC(OC(=O)COc1ccccc1F)C(=O)Nc1ccc(N(C)C)cc1. The standard InChI is InChI=1S/C19H21FN2O4/c1-13(19(24)21-14-8-10-15(11-9-14)22(2)3)26-18(23)12-25-17-7-5-4-6-16(17)20/h4-11,13H,12H2,1-3H3,(H,21,24). The predicted octanol–water partition coefficient (Wildman–Crippen LogP) is 2.84. The number of halogens is 1. The van der Waals surface area contributed by atoms with Crippen molar-refractivity contribution in [1.29, 1.82) is 0 Å². The van der Waals surface area contributed by atoms with E-state index in [4.69, 9.17) is 9.47 Å². The highest BCUT2D eigenvalue weighted by Crippen LogP contribution is 2.17. The number of anilines is 2. The third-order valence-corrected chi connectivity index (χ3v) is 3.51. The van der Waals surface area contributed by atoms with Gasteiger partial charge in [-0.25, -0.2) is 9.18 Å². The molecule has 0 aromatic heterocycles. The van der Waals surface area contributed by atoms with E-state index in [1.807, 2.05) is 31.1 Å². The van der Waals surface area contributed by atoms with E-state index in [9.17, 15) is 14.0 Å². The Morgan fingerprint density at radius 3 is 2.38 bits per heavy atom. The maximum atomic E-state index is 13.4. The van der Waals surface area contributed by atoms with E-state index in [1.165, 1.54) is 25.1 Å². The zero-order valence-corrected chi connectivity index (χ0v) is 14.9. The second-order valence-electron chi connectivity index (χ2n) is 5.78. The fraction of sp³-hybridized carbons (Fsp3) is 0.263. The molecule has 0 heterocycles. The number of hydrogen-bond donors (Lipinski definition) is 1. The highest BCUT2D eigenvalue weighted by atomic mass is 19.1. The number of nitrogens with zero attached hydrogens (tertiary/aromatic N) is 1. The lowest BCUT2D eigenvalue weighted by atomic mass is 10.2. The minimum atomic E-state index is -1.01. The zero-order chi connectivity index (χ0) is 19.1. The van der Waals surface area contributed by atoms with Crippen LogP contribution >= 0.6 is 0 Å². The summed E-state index contributed by atoms with van der Waals surface area (Å²) >= 11 is 0. The van der Waals surface area contributed by atoms with Crippen LogP contribution in [0.15, 0.2) is 48.5 Å². The number of carbonyl (C=O) groups excluding carboxylic acids is 2. The first kappa shape index (κ1) is 19.2. The smallest absolute Gasteiger partial charge is 0.344 e. The number of ether oxygens (including phenoxy) is 2. The van der Waals surface area contributed by atoms with Gasteiger partial charge < -0.3 is 19.7 Å². The van der Waals surface area contributed by atoms with Crippen LogP contribution in [0.1, 0.15) is 6.92 Å². The van der Waals surface area contributed by atoms with E-state index in [1.54, 1.807) is 18.2 Å². The lowest BCUT2D eigenvalue weighted by Crippen LogP contribution is -2.31. The molecule has 0 radical (unpaired) electrons. The van der Waals surface area contributed by atoms with Crippen molar-refractivity contribution in [2.45, 2.75) is 13.0 Å². The summed E-state index contributed by atoms with van der Waals surface area (Å²) < 4.78 is 23.5. The van der Waals surface area contributed by atoms with E-state index in [0.29, 0.717) is 5.69 Å². The van der Waals surface area contributed by atoms with Crippen molar-refractivity contribution in [1.82, 2.24) is 0 Å². The second kappa shape index (κ2) is 8.84. The number of rotatable bonds is 7. The number of para-hydroxylation sites is 1. The Morgan fingerprint density at radius 2 is 1.77 bits per heavy atom. The molecule has 0 fully saturated rings. The molecule has 0 spiro atoms. The fourth-order valence-corrected chi connectivity index (χ4v) is 2.07. The van der Waals surface area contributed by atoms with Crippen LogP contribution in [0.2, 0.25) is 0 Å². The number of benzene rings is 2. The van der Waals surface area contributed by atoms with Crippen molar-refractivity contribution < 1.29 is 23.5 Å². The normalized spacial score (nSPS) is 11.4. The minimum absolute atomic E-state index is 0.0532. The third-order valence-electron chi connectivity index (χ3n) is 3.51. The molecular weight excluding hydrogens is 339 g/mol. The van der Waals surface area contributed by atoms with Gasteiger partial charge in [0.1, 0.15) is 0 Å². The summed E-state index contributed by atoms with van der Waals surface area (Å²) in [6, 6.07) is 12.9. The number of carbonyl (C=O) groups is 2. The van der Waals surface area contributed by atoms with Gasteiger partial charge >= 0.3 is 5.97 Å². The molecule has 138 valence electrons. The van der Waals surface area contributed by atoms with Gasteiger partial charge in [0.25, 0.3) is 5.91 Å². The van der Waals surface area contributed by atoms with E-state index in [0.717, 1.165) is 5.69 Å². The summed E-state index contributed by atoms with van der Waals surface area (Å²) in [4.78, 5) is 25.8. The van der Waals surface area contributed by atoms with E-state index >= 15 is 0 Å². The molecule has 1 amide bonds. The first-order valence-corrected chi connectivity index (χ1v) is 8.02. The summed E-state index contributed by atoms with van der Waals surface area (Å²) in [7, 11) is 3.83. The first-order chi connectivity index (χ1) is 12.4. The Hall–Kier alpha value is -3.09. The average Bonchev–Trinajstić information content (AvgIpc) is 2.61. The molecule has 1 N–H and O–H groups in total. The van der Waals surface area contributed by atoms with Crippen molar-refractivity contribution in [3.63, 3.8) is 0 Å². The molecule has 0 bridgehead atoms. The number of amides is 1. The first-order valence-electron chi connectivity index (χ1n) is 8.02. The fourth-order valence-electron chi connectivity index (χ4n) is 2.07. The van der Waals surface area contributed by atoms with Crippen LogP contribution in [0, 0.1) is 5.82 Å². The van der Waals surface area contributed by atoms with Crippen molar-refractivity contribution in [2.75, 3.05) is 30.9 Å². The lowest BCUT2D eigenvalue weighted by molar-refractivity contribution is -0.155. The maximum Gasteiger partial charge on any atom is 0.344 e. The third kappa shape index (κ3) is 5.47. The molecule has 2 aromatic carbocycles. The monoisotopic (exact) mass is 360 g/mol. The molecule has 7 heteroatoms. The van der Waals surface area contributed by atoms with Gasteiger partial charge in [0.05, 0.1) is 0 Å². The number of hydrogen-bond acceptors (Lipinski definition) is 5. The predicted molar refractivity (Wildman–Crippen MR) is 96.8 cm³/mol. The molecule has 1 unspecified atom stereocenters. The Morgan fingerprint density at radius 1 is 1.12 bits per heavy atom. The van der Waals surface area contributed by atoms with Gasteiger partial charge in [-0.05, 0) is 43.3 Å². The molecular formula is C19H21FN2O4. The van der Waals surface area contributed by atoms with Gasteiger partial charge in [-0.15, -0.1) is 0 Å². The Bertz CT molecular complexity index is 762.